The second-order valence-electron chi connectivity index (χ2n) is 4.31. The topological polar surface area (TPSA) is 17.1 Å². The standard InChI is InChI=1S/C14H12ClFOS/c1-8(2)14(17)13-6-5-12(18-13)9-3-4-11(16)10(15)7-9/h3-8H,1-2H3. The van der Waals surface area contributed by atoms with Gasteiger partial charge in [-0.25, -0.2) is 4.39 Å². The lowest BCUT2D eigenvalue weighted by atomic mass is 10.1. The quantitative estimate of drug-likeness (QED) is 0.720. The molecule has 2 aromatic rings. The van der Waals surface area contributed by atoms with Crippen LogP contribution in [0.4, 0.5) is 4.39 Å². The highest BCUT2D eigenvalue weighted by Crippen LogP contribution is 2.31. The van der Waals surface area contributed by atoms with Crippen molar-refractivity contribution in [2.45, 2.75) is 13.8 Å². The van der Waals surface area contributed by atoms with E-state index < -0.39 is 5.82 Å². The molecular weight excluding hydrogens is 271 g/mol. The van der Waals surface area contributed by atoms with Crippen LogP contribution in [0.1, 0.15) is 23.5 Å². The summed E-state index contributed by atoms with van der Waals surface area (Å²) in [4.78, 5) is 13.5. The summed E-state index contributed by atoms with van der Waals surface area (Å²) in [6, 6.07) is 8.24. The van der Waals surface area contributed by atoms with Crippen LogP contribution in [0.5, 0.6) is 0 Å². The maximum absolute atomic E-state index is 13.1. The largest absolute Gasteiger partial charge is 0.293 e. The van der Waals surface area contributed by atoms with Crippen molar-refractivity contribution < 1.29 is 9.18 Å². The Balaban J connectivity index is 2.35. The Labute approximate surface area is 114 Å². The van der Waals surface area contributed by atoms with Crippen LogP contribution in [0, 0.1) is 11.7 Å². The maximum atomic E-state index is 13.1. The van der Waals surface area contributed by atoms with Gasteiger partial charge in [0, 0.05) is 10.8 Å². The molecule has 1 nitrogen and oxygen atoms in total. The highest BCUT2D eigenvalue weighted by Gasteiger charge is 2.14. The number of ketones is 1. The number of rotatable bonds is 3. The normalized spacial score (nSPS) is 10.9. The molecule has 0 unspecified atom stereocenters. The minimum Gasteiger partial charge on any atom is -0.293 e. The molecule has 18 heavy (non-hydrogen) atoms. The van der Waals surface area contributed by atoms with E-state index in [0.717, 1.165) is 15.3 Å². The molecule has 0 aliphatic rings. The molecular formula is C14H12ClFOS. The van der Waals surface area contributed by atoms with E-state index >= 15 is 0 Å². The molecule has 2 rings (SSSR count). The average molecular weight is 283 g/mol. The summed E-state index contributed by atoms with van der Waals surface area (Å²) >= 11 is 7.15. The SMILES string of the molecule is CC(C)C(=O)c1ccc(-c2ccc(F)c(Cl)c2)s1. The summed E-state index contributed by atoms with van der Waals surface area (Å²) in [6.07, 6.45) is 0. The fraction of sp³-hybridized carbons (Fsp3) is 0.214. The van der Waals surface area contributed by atoms with Crippen LogP contribution in [0.2, 0.25) is 5.02 Å². The zero-order valence-corrected chi connectivity index (χ0v) is 11.6. The second-order valence-corrected chi connectivity index (χ2v) is 5.80. The predicted molar refractivity (Wildman–Crippen MR) is 73.9 cm³/mol. The number of Topliss-reactive ketones (excluding diaryl/α,β-unsaturated/α-hetero) is 1. The monoisotopic (exact) mass is 282 g/mol. The van der Waals surface area contributed by atoms with Crippen molar-refractivity contribution >= 4 is 28.7 Å². The molecule has 1 aromatic carbocycles. The van der Waals surface area contributed by atoms with Gasteiger partial charge in [-0.05, 0) is 29.8 Å². The first-order valence-electron chi connectivity index (χ1n) is 5.58. The molecule has 0 aliphatic heterocycles. The smallest absolute Gasteiger partial charge is 0.175 e. The first-order valence-corrected chi connectivity index (χ1v) is 6.78. The van der Waals surface area contributed by atoms with Gasteiger partial charge in [0.1, 0.15) is 5.82 Å². The second kappa shape index (κ2) is 5.21. The van der Waals surface area contributed by atoms with Gasteiger partial charge < -0.3 is 0 Å². The molecule has 4 heteroatoms. The first kappa shape index (κ1) is 13.2. The van der Waals surface area contributed by atoms with Crippen LogP contribution >= 0.6 is 22.9 Å². The molecule has 0 fully saturated rings. The van der Waals surface area contributed by atoms with Gasteiger partial charge in [0.2, 0.25) is 0 Å². The van der Waals surface area contributed by atoms with Crippen LogP contribution < -0.4 is 0 Å². The highest BCUT2D eigenvalue weighted by atomic mass is 35.5. The van der Waals surface area contributed by atoms with E-state index in [1.54, 1.807) is 18.2 Å². The van der Waals surface area contributed by atoms with E-state index in [2.05, 4.69) is 0 Å². The summed E-state index contributed by atoms with van der Waals surface area (Å²) in [5, 5.41) is 0.0950. The number of carbonyl (C=O) groups is 1. The maximum Gasteiger partial charge on any atom is 0.175 e. The Hall–Kier alpha value is -1.19. The Morgan fingerprint density at radius 2 is 2.00 bits per heavy atom. The summed E-state index contributed by atoms with van der Waals surface area (Å²) < 4.78 is 13.1. The van der Waals surface area contributed by atoms with Crippen molar-refractivity contribution in [1.82, 2.24) is 0 Å². The summed E-state index contributed by atoms with van der Waals surface area (Å²) in [5.41, 5.74) is 0.828. The Bertz CT molecular complexity index is 589. The van der Waals surface area contributed by atoms with Gasteiger partial charge in [0.25, 0.3) is 0 Å². The third-order valence-electron chi connectivity index (χ3n) is 2.58. The van der Waals surface area contributed by atoms with Gasteiger partial charge in [0.05, 0.1) is 9.90 Å². The van der Waals surface area contributed by atoms with Gasteiger partial charge >= 0.3 is 0 Å². The van der Waals surface area contributed by atoms with Crippen molar-refractivity contribution in [2.24, 2.45) is 5.92 Å². The third-order valence-corrected chi connectivity index (χ3v) is 4.02. The van der Waals surface area contributed by atoms with Crippen molar-refractivity contribution in [3.05, 3.63) is 46.0 Å². The molecule has 0 amide bonds. The van der Waals surface area contributed by atoms with E-state index in [0.29, 0.717) is 0 Å². The fourth-order valence-corrected chi connectivity index (χ4v) is 2.83. The zero-order valence-electron chi connectivity index (χ0n) is 10.0. The van der Waals surface area contributed by atoms with Crippen molar-refractivity contribution in [3.8, 4) is 10.4 Å². The molecule has 0 spiro atoms. The molecule has 0 saturated heterocycles. The van der Waals surface area contributed by atoms with Gasteiger partial charge in [-0.1, -0.05) is 31.5 Å². The fourth-order valence-electron chi connectivity index (χ4n) is 1.56. The number of carbonyl (C=O) groups excluding carboxylic acids is 1. The van der Waals surface area contributed by atoms with Gasteiger partial charge in [-0.3, -0.25) is 4.79 Å². The van der Waals surface area contributed by atoms with Crippen LogP contribution in [0.25, 0.3) is 10.4 Å². The number of halogens is 2. The minimum atomic E-state index is -0.435. The summed E-state index contributed by atoms with van der Waals surface area (Å²) in [6.45, 7) is 3.74. The van der Waals surface area contributed by atoms with Crippen LogP contribution in [0.3, 0.4) is 0 Å². The molecule has 0 atom stereocenters. The average Bonchev–Trinajstić information content (AvgIpc) is 2.81. The summed E-state index contributed by atoms with van der Waals surface area (Å²) in [5.74, 6) is -0.330. The van der Waals surface area contributed by atoms with E-state index in [1.165, 1.54) is 17.4 Å². The highest BCUT2D eigenvalue weighted by molar-refractivity contribution is 7.17. The molecule has 0 N–H and O–H groups in total. The molecule has 1 heterocycles. The molecule has 94 valence electrons. The molecule has 0 radical (unpaired) electrons. The van der Waals surface area contributed by atoms with Crippen LogP contribution in [0.15, 0.2) is 30.3 Å². The lowest BCUT2D eigenvalue weighted by molar-refractivity contribution is 0.0943. The van der Waals surface area contributed by atoms with E-state index in [4.69, 9.17) is 11.6 Å². The Morgan fingerprint density at radius 3 is 2.61 bits per heavy atom. The number of hydrogen-bond donors (Lipinski definition) is 0. The van der Waals surface area contributed by atoms with Crippen molar-refractivity contribution in [1.29, 1.82) is 0 Å². The van der Waals surface area contributed by atoms with Gasteiger partial charge in [-0.2, -0.15) is 0 Å². The molecule has 0 aliphatic carbocycles. The first-order chi connectivity index (χ1) is 8.49. The van der Waals surface area contributed by atoms with E-state index in [1.807, 2.05) is 19.9 Å². The molecule has 0 bridgehead atoms. The Kier molecular flexibility index (Phi) is 3.83. The van der Waals surface area contributed by atoms with Gasteiger partial charge in [-0.15, -0.1) is 11.3 Å². The van der Waals surface area contributed by atoms with Crippen LogP contribution in [-0.2, 0) is 0 Å². The number of benzene rings is 1. The van der Waals surface area contributed by atoms with Crippen LogP contribution in [-0.4, -0.2) is 5.78 Å². The number of thiophene rings is 1. The van der Waals surface area contributed by atoms with Gasteiger partial charge in [0.15, 0.2) is 5.78 Å². The lowest BCUT2D eigenvalue weighted by Crippen LogP contribution is -2.04. The summed E-state index contributed by atoms with van der Waals surface area (Å²) in [7, 11) is 0. The van der Waals surface area contributed by atoms with Crippen molar-refractivity contribution in [2.75, 3.05) is 0 Å². The Morgan fingerprint density at radius 1 is 1.28 bits per heavy atom. The lowest BCUT2D eigenvalue weighted by Gasteiger charge is -2.01. The number of hydrogen-bond acceptors (Lipinski definition) is 2. The van der Waals surface area contributed by atoms with E-state index in [-0.39, 0.29) is 16.7 Å². The molecule has 0 saturated carbocycles. The molecule has 1 aromatic heterocycles. The third kappa shape index (κ3) is 2.62. The van der Waals surface area contributed by atoms with E-state index in [9.17, 15) is 9.18 Å². The van der Waals surface area contributed by atoms with Crippen molar-refractivity contribution in [3.63, 3.8) is 0 Å². The minimum absolute atomic E-state index is 0.0201. The zero-order chi connectivity index (χ0) is 13.3. The predicted octanol–water partition coefficient (Wildman–Crippen LogP) is 5.05.